The Hall–Kier alpha value is -1.65. The van der Waals surface area contributed by atoms with Gasteiger partial charge in [-0.15, -0.1) is 0 Å². The van der Waals surface area contributed by atoms with Crippen LogP contribution in [0.15, 0.2) is 12.4 Å². The van der Waals surface area contributed by atoms with Crippen LogP contribution < -0.4 is 0 Å². The fourth-order valence-electron chi connectivity index (χ4n) is 1.31. The molecule has 1 N–H and O–H groups in total. The van der Waals surface area contributed by atoms with Crippen LogP contribution >= 0.6 is 0 Å². The summed E-state index contributed by atoms with van der Waals surface area (Å²) >= 11 is 0. The Morgan fingerprint density at radius 1 is 1.73 bits per heavy atom. The lowest BCUT2D eigenvalue weighted by Gasteiger charge is -2.12. The Morgan fingerprint density at radius 3 is 3.07 bits per heavy atom. The van der Waals surface area contributed by atoms with Crippen LogP contribution in [-0.2, 0) is 20.7 Å². The maximum absolute atomic E-state index is 10.8. The van der Waals surface area contributed by atoms with E-state index in [4.69, 9.17) is 4.74 Å². The number of Topliss-reactive ketones (excluding diaryl/α,β-unsaturated/α-hetero) is 1. The second kappa shape index (κ2) is 5.95. The van der Waals surface area contributed by atoms with Crippen LogP contribution in [0.2, 0.25) is 0 Å². The van der Waals surface area contributed by atoms with Crippen LogP contribution in [0.5, 0.6) is 0 Å². The monoisotopic (exact) mass is 210 g/mol. The van der Waals surface area contributed by atoms with Crippen molar-refractivity contribution in [1.29, 1.82) is 0 Å². The second-order valence-electron chi connectivity index (χ2n) is 3.41. The predicted molar refractivity (Wildman–Crippen MR) is 53.1 cm³/mol. The van der Waals surface area contributed by atoms with Gasteiger partial charge >= 0.3 is 0 Å². The van der Waals surface area contributed by atoms with E-state index in [-0.39, 0.29) is 11.9 Å². The molecule has 15 heavy (non-hydrogen) atoms. The molecular weight excluding hydrogens is 196 g/mol. The van der Waals surface area contributed by atoms with Gasteiger partial charge in [-0.25, -0.2) is 0 Å². The fourth-order valence-corrected chi connectivity index (χ4v) is 1.31. The number of aromatic amines is 1. The van der Waals surface area contributed by atoms with Crippen LogP contribution in [0.1, 0.15) is 25.3 Å². The van der Waals surface area contributed by atoms with E-state index in [1.165, 1.54) is 6.92 Å². The number of carbonyl (C=O) groups is 2. The van der Waals surface area contributed by atoms with Gasteiger partial charge in [-0.2, -0.15) is 5.10 Å². The van der Waals surface area contributed by atoms with E-state index < -0.39 is 0 Å². The first kappa shape index (κ1) is 11.4. The third-order valence-electron chi connectivity index (χ3n) is 2.08. The lowest BCUT2D eigenvalue weighted by atomic mass is 10.1. The van der Waals surface area contributed by atoms with Crippen molar-refractivity contribution in [1.82, 2.24) is 10.2 Å². The number of hydrogen-bond acceptors (Lipinski definition) is 4. The summed E-state index contributed by atoms with van der Waals surface area (Å²) in [4.78, 5) is 21.1. The summed E-state index contributed by atoms with van der Waals surface area (Å²) in [5.41, 5.74) is 0.963. The van der Waals surface area contributed by atoms with E-state index in [1.807, 2.05) is 0 Å². The zero-order valence-electron chi connectivity index (χ0n) is 8.60. The number of nitrogens with one attached hydrogen (secondary N) is 1. The summed E-state index contributed by atoms with van der Waals surface area (Å²) in [6.07, 6.45) is 4.74. The smallest absolute Gasteiger partial charge is 0.293 e. The van der Waals surface area contributed by atoms with Crippen molar-refractivity contribution in [3.05, 3.63) is 18.0 Å². The van der Waals surface area contributed by atoms with Crippen molar-refractivity contribution >= 4 is 12.3 Å². The van der Waals surface area contributed by atoms with Gasteiger partial charge in [0.2, 0.25) is 0 Å². The quantitative estimate of drug-likeness (QED) is 0.677. The number of hydrogen-bond donors (Lipinski definition) is 1. The molecule has 0 saturated heterocycles. The predicted octanol–water partition coefficient (Wildman–Crippen LogP) is 0.863. The number of rotatable bonds is 7. The molecule has 1 unspecified atom stereocenters. The zero-order chi connectivity index (χ0) is 11.1. The Labute approximate surface area is 87.8 Å². The maximum atomic E-state index is 10.8. The van der Waals surface area contributed by atoms with Crippen molar-refractivity contribution in [3.8, 4) is 0 Å². The summed E-state index contributed by atoms with van der Waals surface area (Å²) in [6.45, 7) is 1.95. The minimum absolute atomic E-state index is 0.0988. The van der Waals surface area contributed by atoms with Crippen molar-refractivity contribution in [3.63, 3.8) is 0 Å². The van der Waals surface area contributed by atoms with Crippen LogP contribution in [0, 0.1) is 0 Å². The molecule has 0 aromatic carbocycles. The number of ether oxygens (including phenoxy) is 1. The molecule has 1 aromatic heterocycles. The van der Waals surface area contributed by atoms with E-state index in [1.54, 1.807) is 12.4 Å². The van der Waals surface area contributed by atoms with Crippen LogP contribution in [0.25, 0.3) is 0 Å². The van der Waals surface area contributed by atoms with E-state index in [2.05, 4.69) is 10.2 Å². The SMILES string of the molecule is CC(=O)CCC(Cc1cn[nH]c1)OC=O. The van der Waals surface area contributed by atoms with Crippen LogP contribution in [0.3, 0.4) is 0 Å². The highest BCUT2D eigenvalue weighted by Gasteiger charge is 2.12. The molecule has 1 atom stereocenters. The Bertz CT molecular complexity index is 308. The molecule has 0 radical (unpaired) electrons. The lowest BCUT2D eigenvalue weighted by Crippen LogP contribution is -2.16. The second-order valence-corrected chi connectivity index (χ2v) is 3.41. The van der Waals surface area contributed by atoms with E-state index >= 15 is 0 Å². The molecule has 82 valence electrons. The molecule has 0 aliphatic rings. The molecule has 0 aliphatic heterocycles. The average molecular weight is 210 g/mol. The topological polar surface area (TPSA) is 72.1 Å². The van der Waals surface area contributed by atoms with E-state index in [0.29, 0.717) is 25.7 Å². The first-order chi connectivity index (χ1) is 7.22. The lowest BCUT2D eigenvalue weighted by molar-refractivity contribution is -0.134. The van der Waals surface area contributed by atoms with Crippen molar-refractivity contribution < 1.29 is 14.3 Å². The molecule has 0 bridgehead atoms. The molecule has 5 heteroatoms. The van der Waals surface area contributed by atoms with Gasteiger partial charge in [-0.3, -0.25) is 9.89 Å². The van der Waals surface area contributed by atoms with Crippen molar-refractivity contribution in [2.75, 3.05) is 0 Å². The molecule has 0 spiro atoms. The minimum Gasteiger partial charge on any atom is -0.464 e. The number of carbonyl (C=O) groups excluding carboxylic acids is 2. The van der Waals surface area contributed by atoms with Gasteiger partial charge in [0.25, 0.3) is 6.47 Å². The Balaban J connectivity index is 2.42. The molecule has 0 saturated carbocycles. The van der Waals surface area contributed by atoms with Gasteiger partial charge in [0.1, 0.15) is 11.9 Å². The third kappa shape index (κ3) is 4.39. The summed E-state index contributed by atoms with van der Waals surface area (Å²) in [6, 6.07) is 0. The Morgan fingerprint density at radius 2 is 2.53 bits per heavy atom. The first-order valence-electron chi connectivity index (χ1n) is 4.78. The number of ketones is 1. The first-order valence-corrected chi connectivity index (χ1v) is 4.78. The summed E-state index contributed by atoms with van der Waals surface area (Å²) < 4.78 is 4.89. The summed E-state index contributed by atoms with van der Waals surface area (Å²) in [7, 11) is 0. The number of aromatic nitrogens is 2. The highest BCUT2D eigenvalue weighted by Crippen LogP contribution is 2.09. The van der Waals surface area contributed by atoms with Crippen molar-refractivity contribution in [2.24, 2.45) is 0 Å². The fraction of sp³-hybridized carbons (Fsp3) is 0.500. The van der Waals surface area contributed by atoms with Gasteiger partial charge in [-0.1, -0.05) is 0 Å². The summed E-state index contributed by atoms with van der Waals surface area (Å²) in [5.74, 6) is 0.0988. The minimum atomic E-state index is -0.246. The van der Waals surface area contributed by atoms with Gasteiger partial charge in [0, 0.05) is 19.0 Å². The highest BCUT2D eigenvalue weighted by molar-refractivity contribution is 5.75. The van der Waals surface area contributed by atoms with Crippen LogP contribution in [0.4, 0.5) is 0 Å². The van der Waals surface area contributed by atoms with E-state index in [9.17, 15) is 9.59 Å². The normalized spacial score (nSPS) is 12.1. The molecule has 1 aromatic rings. The molecule has 0 aliphatic carbocycles. The third-order valence-corrected chi connectivity index (χ3v) is 2.08. The van der Waals surface area contributed by atoms with Crippen molar-refractivity contribution in [2.45, 2.75) is 32.3 Å². The van der Waals surface area contributed by atoms with Gasteiger partial charge in [0.05, 0.1) is 6.20 Å². The molecule has 5 nitrogen and oxygen atoms in total. The molecule has 1 heterocycles. The van der Waals surface area contributed by atoms with E-state index in [0.717, 1.165) is 5.56 Å². The molecule has 0 amide bonds. The van der Waals surface area contributed by atoms with Gasteiger partial charge < -0.3 is 9.53 Å². The van der Waals surface area contributed by atoms with Gasteiger partial charge in [-0.05, 0) is 18.9 Å². The Kier molecular flexibility index (Phi) is 4.53. The zero-order valence-corrected chi connectivity index (χ0v) is 8.60. The largest absolute Gasteiger partial charge is 0.464 e. The molecule has 0 fully saturated rings. The maximum Gasteiger partial charge on any atom is 0.293 e. The average Bonchev–Trinajstić information content (AvgIpc) is 2.67. The van der Waals surface area contributed by atoms with Gasteiger partial charge in [0.15, 0.2) is 0 Å². The highest BCUT2D eigenvalue weighted by atomic mass is 16.5. The number of nitrogens with zero attached hydrogens (tertiary/aromatic N) is 1. The molecular formula is C10H14N2O3. The summed E-state index contributed by atoms with van der Waals surface area (Å²) in [5, 5.41) is 6.48. The number of H-pyrrole nitrogens is 1. The van der Waals surface area contributed by atoms with Crippen LogP contribution in [-0.4, -0.2) is 28.6 Å². The molecule has 1 rings (SSSR count). The standard InChI is InChI=1S/C10H14N2O3/c1-8(14)2-3-10(15-7-13)4-9-5-11-12-6-9/h5-7,10H,2-4H2,1H3,(H,11,12).